The van der Waals surface area contributed by atoms with E-state index < -0.39 is 0 Å². The van der Waals surface area contributed by atoms with Gasteiger partial charge in [0, 0.05) is 5.56 Å². The Bertz CT molecular complexity index is 310. The molecule has 0 saturated carbocycles. The fourth-order valence-corrected chi connectivity index (χ4v) is 1.40. The Labute approximate surface area is 86.0 Å². The van der Waals surface area contributed by atoms with Crippen molar-refractivity contribution in [1.82, 2.24) is 0 Å². The highest BCUT2D eigenvalue weighted by atomic mass is 79.9. The monoisotopic (exact) mass is 246 g/mol. The highest BCUT2D eigenvalue weighted by Crippen LogP contribution is 2.30. The third-order valence-electron chi connectivity index (χ3n) is 1.65. The molecule has 0 saturated heterocycles. The highest BCUT2D eigenvalue weighted by molar-refractivity contribution is 9.10. The lowest BCUT2D eigenvalue weighted by Crippen LogP contribution is -2.06. The summed E-state index contributed by atoms with van der Waals surface area (Å²) in [6.07, 6.45) is 0.0983. The fraction of sp³-hybridized carbons (Fsp3) is 0.400. The Morgan fingerprint density at radius 1 is 1.38 bits per heavy atom. The van der Waals surface area contributed by atoms with Crippen molar-refractivity contribution in [2.75, 3.05) is 0 Å². The zero-order chi connectivity index (χ0) is 10.0. The molecule has 0 heterocycles. The lowest BCUT2D eigenvalue weighted by atomic mass is 10.2. The van der Waals surface area contributed by atoms with Crippen LogP contribution in [0.25, 0.3) is 0 Å². The third-order valence-corrected chi connectivity index (χ3v) is 2.63. The lowest BCUT2D eigenvalue weighted by Gasteiger charge is -2.12. The summed E-state index contributed by atoms with van der Waals surface area (Å²) in [6, 6.07) is 3.05. The van der Waals surface area contributed by atoms with E-state index in [1.54, 1.807) is 13.0 Å². The van der Waals surface area contributed by atoms with Crippen LogP contribution in [0.15, 0.2) is 16.6 Å². The lowest BCUT2D eigenvalue weighted by molar-refractivity contribution is 0.240. The van der Waals surface area contributed by atoms with E-state index >= 15 is 0 Å². The van der Waals surface area contributed by atoms with Crippen molar-refractivity contribution >= 4 is 15.9 Å². The summed E-state index contributed by atoms with van der Waals surface area (Å²) < 4.78 is 19.2. The molecule has 0 N–H and O–H groups in total. The molecule has 1 nitrogen and oxygen atoms in total. The van der Waals surface area contributed by atoms with Gasteiger partial charge in [0.1, 0.15) is 11.6 Å². The maximum absolute atomic E-state index is 13.0. The van der Waals surface area contributed by atoms with Crippen molar-refractivity contribution in [2.45, 2.75) is 26.9 Å². The average Bonchev–Trinajstić information content (AvgIpc) is 2.06. The summed E-state index contributed by atoms with van der Waals surface area (Å²) >= 11 is 3.29. The molecule has 0 amide bonds. The van der Waals surface area contributed by atoms with Gasteiger partial charge in [-0.25, -0.2) is 4.39 Å². The standard InChI is InChI=1S/C10H12BrFO/c1-6(2)13-9-5-4-8(12)7(3)10(9)11/h4-6H,1-3H3. The normalized spacial score (nSPS) is 10.6. The van der Waals surface area contributed by atoms with Gasteiger partial charge in [0.2, 0.25) is 0 Å². The van der Waals surface area contributed by atoms with E-state index in [2.05, 4.69) is 15.9 Å². The Kier molecular flexibility index (Phi) is 3.31. The van der Waals surface area contributed by atoms with Crippen molar-refractivity contribution in [2.24, 2.45) is 0 Å². The van der Waals surface area contributed by atoms with E-state index in [4.69, 9.17) is 4.74 Å². The minimum Gasteiger partial charge on any atom is -0.490 e. The SMILES string of the molecule is Cc1c(F)ccc(OC(C)C)c1Br. The molecule has 0 bridgehead atoms. The minimum atomic E-state index is -0.219. The summed E-state index contributed by atoms with van der Waals surface area (Å²) in [4.78, 5) is 0. The Morgan fingerprint density at radius 3 is 2.54 bits per heavy atom. The molecule has 0 aliphatic heterocycles. The maximum atomic E-state index is 13.0. The van der Waals surface area contributed by atoms with E-state index in [9.17, 15) is 4.39 Å². The molecule has 0 aromatic heterocycles. The van der Waals surface area contributed by atoms with Gasteiger partial charge in [0.05, 0.1) is 10.6 Å². The molecule has 0 aliphatic carbocycles. The molecule has 0 atom stereocenters. The van der Waals surface area contributed by atoms with Crippen LogP contribution in [0.1, 0.15) is 19.4 Å². The Balaban J connectivity index is 3.04. The topological polar surface area (TPSA) is 9.23 Å². The van der Waals surface area contributed by atoms with Crippen LogP contribution in [0.4, 0.5) is 4.39 Å². The van der Waals surface area contributed by atoms with Gasteiger partial charge in [-0.05, 0) is 48.8 Å². The van der Waals surface area contributed by atoms with Gasteiger partial charge in [-0.15, -0.1) is 0 Å². The molecule has 0 unspecified atom stereocenters. The Hall–Kier alpha value is -0.570. The van der Waals surface area contributed by atoms with Crippen LogP contribution in [-0.4, -0.2) is 6.10 Å². The summed E-state index contributed by atoms with van der Waals surface area (Å²) in [5.41, 5.74) is 0.582. The maximum Gasteiger partial charge on any atom is 0.134 e. The number of benzene rings is 1. The molecule has 1 aromatic carbocycles. The second-order valence-corrected chi connectivity index (χ2v) is 3.94. The van der Waals surface area contributed by atoms with Crippen LogP contribution in [0.2, 0.25) is 0 Å². The van der Waals surface area contributed by atoms with Crippen LogP contribution in [0, 0.1) is 12.7 Å². The fourth-order valence-electron chi connectivity index (χ4n) is 0.982. The number of ether oxygens (including phenoxy) is 1. The smallest absolute Gasteiger partial charge is 0.134 e. The quantitative estimate of drug-likeness (QED) is 0.774. The molecule has 1 rings (SSSR count). The van der Waals surface area contributed by atoms with E-state index in [-0.39, 0.29) is 11.9 Å². The summed E-state index contributed by atoms with van der Waals surface area (Å²) in [6.45, 7) is 5.59. The van der Waals surface area contributed by atoms with Gasteiger partial charge < -0.3 is 4.74 Å². The van der Waals surface area contributed by atoms with Gasteiger partial charge in [-0.2, -0.15) is 0 Å². The molecule has 0 radical (unpaired) electrons. The Morgan fingerprint density at radius 2 is 2.00 bits per heavy atom. The van der Waals surface area contributed by atoms with Gasteiger partial charge in [-0.1, -0.05) is 0 Å². The van der Waals surface area contributed by atoms with Crippen LogP contribution in [-0.2, 0) is 0 Å². The number of hydrogen-bond acceptors (Lipinski definition) is 1. The van der Waals surface area contributed by atoms with Crippen molar-refractivity contribution in [1.29, 1.82) is 0 Å². The first-order valence-corrected chi connectivity index (χ1v) is 4.93. The molecule has 0 spiro atoms. The van der Waals surface area contributed by atoms with E-state index in [0.717, 1.165) is 0 Å². The van der Waals surface area contributed by atoms with Crippen LogP contribution >= 0.6 is 15.9 Å². The number of halogens is 2. The molecular weight excluding hydrogens is 235 g/mol. The minimum absolute atomic E-state index is 0.0983. The molecule has 72 valence electrons. The second kappa shape index (κ2) is 4.09. The van der Waals surface area contributed by atoms with Crippen LogP contribution in [0.5, 0.6) is 5.75 Å². The highest BCUT2D eigenvalue weighted by Gasteiger charge is 2.09. The predicted octanol–water partition coefficient (Wildman–Crippen LogP) is 3.68. The summed E-state index contributed by atoms with van der Waals surface area (Å²) in [5, 5.41) is 0. The van der Waals surface area contributed by atoms with Crippen molar-refractivity contribution < 1.29 is 9.13 Å². The molecular formula is C10H12BrFO. The molecule has 0 fully saturated rings. The second-order valence-electron chi connectivity index (χ2n) is 3.15. The molecule has 0 aliphatic rings. The zero-order valence-electron chi connectivity index (χ0n) is 7.90. The van der Waals surface area contributed by atoms with Crippen LogP contribution < -0.4 is 4.74 Å². The van der Waals surface area contributed by atoms with Crippen molar-refractivity contribution in [3.05, 3.63) is 28.0 Å². The van der Waals surface area contributed by atoms with Crippen molar-refractivity contribution in [3.8, 4) is 5.75 Å². The third kappa shape index (κ3) is 2.44. The molecule has 1 aromatic rings. The van der Waals surface area contributed by atoms with Gasteiger partial charge in [0.25, 0.3) is 0 Å². The number of rotatable bonds is 2. The zero-order valence-corrected chi connectivity index (χ0v) is 9.48. The van der Waals surface area contributed by atoms with Gasteiger partial charge in [-0.3, -0.25) is 0 Å². The first-order valence-electron chi connectivity index (χ1n) is 4.13. The molecule has 13 heavy (non-hydrogen) atoms. The first-order chi connectivity index (χ1) is 6.02. The summed E-state index contributed by atoms with van der Waals surface area (Å²) in [7, 11) is 0. The predicted molar refractivity (Wildman–Crippen MR) is 54.6 cm³/mol. The number of hydrogen-bond donors (Lipinski definition) is 0. The summed E-state index contributed by atoms with van der Waals surface area (Å²) in [5.74, 6) is 0.469. The van der Waals surface area contributed by atoms with Gasteiger partial charge in [0.15, 0.2) is 0 Å². The van der Waals surface area contributed by atoms with Crippen molar-refractivity contribution in [3.63, 3.8) is 0 Å². The van der Waals surface area contributed by atoms with E-state index in [0.29, 0.717) is 15.8 Å². The van der Waals surface area contributed by atoms with Crippen LogP contribution in [0.3, 0.4) is 0 Å². The van der Waals surface area contributed by atoms with E-state index in [1.807, 2.05) is 13.8 Å². The average molecular weight is 247 g/mol. The van der Waals surface area contributed by atoms with Gasteiger partial charge >= 0.3 is 0 Å². The first kappa shape index (κ1) is 10.5. The largest absolute Gasteiger partial charge is 0.490 e. The molecule has 3 heteroatoms. The van der Waals surface area contributed by atoms with E-state index in [1.165, 1.54) is 6.07 Å².